The van der Waals surface area contributed by atoms with E-state index in [0.29, 0.717) is 23.7 Å². The number of amides is 1. The number of rotatable bonds is 3. The Labute approximate surface area is 175 Å². The largest absolute Gasteiger partial charge is 0.338 e. The van der Waals surface area contributed by atoms with Gasteiger partial charge in [-0.1, -0.05) is 10.9 Å². The lowest BCUT2D eigenvalue weighted by Gasteiger charge is -2.43. The molecule has 1 aliphatic carbocycles. The first-order chi connectivity index (χ1) is 14.2. The van der Waals surface area contributed by atoms with Crippen LogP contribution in [-0.2, 0) is 12.8 Å². The quantitative estimate of drug-likeness (QED) is 0.755. The smallest absolute Gasteiger partial charge is 0.267 e. The minimum absolute atomic E-state index is 0.0330. The van der Waals surface area contributed by atoms with Gasteiger partial charge in [-0.25, -0.2) is 9.97 Å². The molecule has 0 atom stereocenters. The van der Waals surface area contributed by atoms with E-state index in [2.05, 4.69) is 24.4 Å². The highest BCUT2D eigenvalue weighted by atomic mass is 32.1. The zero-order chi connectivity index (χ0) is 19.8. The maximum atomic E-state index is 12.8. The maximum absolute atomic E-state index is 12.8. The first kappa shape index (κ1) is 18.9. The van der Waals surface area contributed by atoms with Gasteiger partial charge in [-0.3, -0.25) is 9.69 Å². The minimum atomic E-state index is 0.0330. The number of anilines is 1. The molecule has 29 heavy (non-hydrogen) atoms. The zero-order valence-electron chi connectivity index (χ0n) is 16.9. The minimum Gasteiger partial charge on any atom is -0.338 e. The van der Waals surface area contributed by atoms with Crippen LogP contribution in [0, 0.1) is 6.92 Å². The summed E-state index contributed by atoms with van der Waals surface area (Å²) < 4.78 is 3.90. The number of carbonyl (C=O) groups is 1. The van der Waals surface area contributed by atoms with Crippen LogP contribution in [0.2, 0.25) is 0 Å². The molecule has 3 aliphatic rings. The predicted octanol–water partition coefficient (Wildman–Crippen LogP) is 1.55. The van der Waals surface area contributed by atoms with Crippen LogP contribution in [0.3, 0.4) is 0 Å². The Morgan fingerprint density at radius 1 is 1.10 bits per heavy atom. The summed E-state index contributed by atoms with van der Waals surface area (Å²) in [6.45, 7) is 7.41. The van der Waals surface area contributed by atoms with Gasteiger partial charge in [-0.2, -0.15) is 0 Å². The van der Waals surface area contributed by atoms with Crippen LogP contribution >= 0.6 is 11.5 Å². The molecule has 0 unspecified atom stereocenters. The standard InChI is InChI=1S/C20H27N7OS/c1-14-18(29-24-23-14)19(28)26-7-5-15-13-21-20(22-17(15)6-8-26)27-11-9-25(10-12-27)16-3-2-4-16/h13,16H,2-12H2,1H3. The van der Waals surface area contributed by atoms with E-state index in [0.717, 1.165) is 62.3 Å². The Hall–Kier alpha value is -2.13. The second-order valence-corrected chi connectivity index (χ2v) is 8.98. The van der Waals surface area contributed by atoms with E-state index in [1.54, 1.807) is 0 Å². The average Bonchev–Trinajstić information content (AvgIpc) is 3.01. The van der Waals surface area contributed by atoms with Gasteiger partial charge in [0.25, 0.3) is 5.91 Å². The normalized spacial score (nSPS) is 20.9. The molecular weight excluding hydrogens is 386 g/mol. The molecule has 2 aromatic heterocycles. The summed E-state index contributed by atoms with van der Waals surface area (Å²) in [7, 11) is 0. The summed E-state index contributed by atoms with van der Waals surface area (Å²) in [4.78, 5) is 29.9. The number of aromatic nitrogens is 4. The molecule has 4 heterocycles. The van der Waals surface area contributed by atoms with Gasteiger partial charge in [0.05, 0.1) is 11.4 Å². The molecule has 2 aliphatic heterocycles. The van der Waals surface area contributed by atoms with Gasteiger partial charge in [-0.15, -0.1) is 5.10 Å². The summed E-state index contributed by atoms with van der Waals surface area (Å²) in [6, 6.07) is 0.811. The molecule has 0 spiro atoms. The van der Waals surface area contributed by atoms with Crippen molar-refractivity contribution in [1.29, 1.82) is 0 Å². The van der Waals surface area contributed by atoms with Gasteiger partial charge < -0.3 is 9.80 Å². The molecule has 2 aromatic rings. The lowest BCUT2D eigenvalue weighted by Crippen LogP contribution is -2.52. The molecule has 1 amide bonds. The van der Waals surface area contributed by atoms with Crippen molar-refractivity contribution < 1.29 is 4.79 Å². The monoisotopic (exact) mass is 413 g/mol. The van der Waals surface area contributed by atoms with Crippen LogP contribution in [0.25, 0.3) is 0 Å². The number of hydrogen-bond acceptors (Lipinski definition) is 8. The van der Waals surface area contributed by atoms with Gasteiger partial charge >= 0.3 is 0 Å². The third-order valence-electron chi connectivity index (χ3n) is 6.53. The molecule has 9 heteroatoms. The summed E-state index contributed by atoms with van der Waals surface area (Å²) in [5, 5.41) is 3.97. The van der Waals surface area contributed by atoms with Crippen LogP contribution in [0.15, 0.2) is 6.20 Å². The van der Waals surface area contributed by atoms with Crippen molar-refractivity contribution >= 4 is 23.4 Å². The van der Waals surface area contributed by atoms with Crippen LogP contribution in [0.5, 0.6) is 0 Å². The van der Waals surface area contributed by atoms with Gasteiger partial charge in [0.1, 0.15) is 4.88 Å². The number of nitrogens with zero attached hydrogens (tertiary/aromatic N) is 7. The van der Waals surface area contributed by atoms with Crippen LogP contribution < -0.4 is 4.90 Å². The highest BCUT2D eigenvalue weighted by Gasteiger charge is 2.29. The molecule has 0 radical (unpaired) electrons. The second-order valence-electron chi connectivity index (χ2n) is 8.23. The Kier molecular flexibility index (Phi) is 5.17. The number of carbonyl (C=O) groups excluding carboxylic acids is 1. The van der Waals surface area contributed by atoms with Gasteiger partial charge in [0.15, 0.2) is 0 Å². The van der Waals surface area contributed by atoms with Gasteiger partial charge in [0, 0.05) is 57.9 Å². The van der Waals surface area contributed by atoms with Crippen LogP contribution in [-0.4, -0.2) is 80.6 Å². The van der Waals surface area contributed by atoms with Crippen molar-refractivity contribution in [2.75, 3.05) is 44.2 Å². The first-order valence-corrected chi connectivity index (χ1v) is 11.4. The molecule has 0 bridgehead atoms. The van der Waals surface area contributed by atoms with E-state index in [9.17, 15) is 4.79 Å². The van der Waals surface area contributed by atoms with Crippen molar-refractivity contribution in [2.24, 2.45) is 0 Å². The van der Waals surface area contributed by atoms with E-state index in [1.165, 1.54) is 30.8 Å². The first-order valence-electron chi connectivity index (χ1n) is 10.6. The van der Waals surface area contributed by atoms with Crippen molar-refractivity contribution in [2.45, 2.75) is 45.1 Å². The van der Waals surface area contributed by atoms with E-state index >= 15 is 0 Å². The Bertz CT molecular complexity index is 889. The number of aryl methyl sites for hydroxylation is 1. The topological polar surface area (TPSA) is 78.4 Å². The fourth-order valence-electron chi connectivity index (χ4n) is 4.43. The fourth-order valence-corrected chi connectivity index (χ4v) is 5.06. The Morgan fingerprint density at radius 3 is 2.59 bits per heavy atom. The van der Waals surface area contributed by atoms with Crippen molar-refractivity contribution in [1.82, 2.24) is 29.4 Å². The van der Waals surface area contributed by atoms with E-state index in [-0.39, 0.29) is 5.91 Å². The number of piperazine rings is 1. The van der Waals surface area contributed by atoms with Gasteiger partial charge in [0.2, 0.25) is 5.95 Å². The van der Waals surface area contributed by atoms with Crippen molar-refractivity contribution in [3.63, 3.8) is 0 Å². The van der Waals surface area contributed by atoms with Crippen LogP contribution in [0.4, 0.5) is 5.95 Å². The summed E-state index contributed by atoms with van der Waals surface area (Å²) in [5.41, 5.74) is 2.96. The van der Waals surface area contributed by atoms with Crippen molar-refractivity contribution in [3.8, 4) is 0 Å². The van der Waals surface area contributed by atoms with Crippen molar-refractivity contribution in [3.05, 3.63) is 28.0 Å². The third kappa shape index (κ3) is 3.73. The lowest BCUT2D eigenvalue weighted by atomic mass is 9.91. The number of hydrogen-bond donors (Lipinski definition) is 0. The molecule has 154 valence electrons. The van der Waals surface area contributed by atoms with Gasteiger partial charge in [-0.05, 0) is 43.3 Å². The summed E-state index contributed by atoms with van der Waals surface area (Å²) >= 11 is 1.18. The highest BCUT2D eigenvalue weighted by molar-refractivity contribution is 7.07. The van der Waals surface area contributed by atoms with E-state index in [4.69, 9.17) is 4.98 Å². The third-order valence-corrected chi connectivity index (χ3v) is 7.35. The van der Waals surface area contributed by atoms with E-state index in [1.807, 2.05) is 18.0 Å². The number of fused-ring (bicyclic) bond motifs is 1. The lowest BCUT2D eigenvalue weighted by molar-refractivity contribution is 0.0767. The molecular formula is C20H27N7OS. The molecule has 0 aromatic carbocycles. The SMILES string of the molecule is Cc1nnsc1C(=O)N1CCc2cnc(N3CCN(C4CCC4)CC3)nc2CC1. The summed E-state index contributed by atoms with van der Waals surface area (Å²) in [5.74, 6) is 0.880. The van der Waals surface area contributed by atoms with Crippen LogP contribution in [0.1, 0.15) is 45.9 Å². The molecule has 1 saturated carbocycles. The molecule has 2 fully saturated rings. The summed E-state index contributed by atoms with van der Waals surface area (Å²) in [6.07, 6.45) is 7.65. The molecule has 1 saturated heterocycles. The Balaban J connectivity index is 1.24. The molecule has 8 nitrogen and oxygen atoms in total. The fraction of sp³-hybridized carbons (Fsp3) is 0.650. The zero-order valence-corrected chi connectivity index (χ0v) is 17.7. The highest BCUT2D eigenvalue weighted by Crippen LogP contribution is 2.26. The molecule has 0 N–H and O–H groups in total. The predicted molar refractivity (Wildman–Crippen MR) is 111 cm³/mol. The average molecular weight is 414 g/mol. The molecule has 5 rings (SSSR count). The maximum Gasteiger partial charge on any atom is 0.267 e. The van der Waals surface area contributed by atoms with E-state index < -0.39 is 0 Å². The second kappa shape index (κ2) is 7.95. The Morgan fingerprint density at radius 2 is 1.90 bits per heavy atom.